The maximum Gasteiger partial charge on any atom is 0.389 e. The molecule has 41 heavy (non-hydrogen) atoms. The van der Waals surface area contributed by atoms with Gasteiger partial charge in [-0.2, -0.15) is 17.5 Å². The highest BCUT2D eigenvalue weighted by atomic mass is 32.2. The number of sulfonamides is 1. The molecule has 2 amide bonds. The number of anilines is 1. The van der Waals surface area contributed by atoms with E-state index in [2.05, 4.69) is 10.5 Å². The average molecular weight is 605 g/mol. The first-order valence-electron chi connectivity index (χ1n) is 13.0. The Morgan fingerprint density at radius 2 is 2.00 bits per heavy atom. The van der Waals surface area contributed by atoms with Gasteiger partial charge in [-0.05, 0) is 39.0 Å². The van der Waals surface area contributed by atoms with Crippen molar-refractivity contribution in [2.24, 2.45) is 5.92 Å². The Labute approximate surface area is 236 Å². The molecule has 3 atom stereocenters. The van der Waals surface area contributed by atoms with E-state index >= 15 is 0 Å². The molecular formula is C26H35F3N4O7S. The maximum atomic E-state index is 13.4. The number of rotatable bonds is 9. The van der Waals surface area contributed by atoms with Gasteiger partial charge in [0.25, 0.3) is 0 Å². The molecule has 1 aromatic carbocycles. The van der Waals surface area contributed by atoms with E-state index < -0.39 is 53.0 Å². The summed E-state index contributed by atoms with van der Waals surface area (Å²) in [5.41, 5.74) is 0.728. The minimum absolute atomic E-state index is 0.0484. The van der Waals surface area contributed by atoms with Gasteiger partial charge < -0.3 is 24.6 Å². The predicted molar refractivity (Wildman–Crippen MR) is 142 cm³/mol. The highest BCUT2D eigenvalue weighted by Crippen LogP contribution is 2.31. The van der Waals surface area contributed by atoms with E-state index in [0.717, 1.165) is 4.31 Å². The van der Waals surface area contributed by atoms with Gasteiger partial charge in [-0.15, -0.1) is 0 Å². The number of carbonyl (C=O) groups excluding carboxylic acids is 2. The normalized spacial score (nSPS) is 19.2. The molecule has 2 aromatic rings. The van der Waals surface area contributed by atoms with Crippen LogP contribution in [0.3, 0.4) is 0 Å². The fourth-order valence-corrected chi connectivity index (χ4v) is 6.02. The van der Waals surface area contributed by atoms with Crippen molar-refractivity contribution in [3.63, 3.8) is 0 Å². The first-order chi connectivity index (χ1) is 19.0. The lowest BCUT2D eigenvalue weighted by molar-refractivity contribution is -0.142. The number of hydrogen-bond donors (Lipinski definition) is 2. The van der Waals surface area contributed by atoms with Gasteiger partial charge in [0.15, 0.2) is 5.76 Å². The van der Waals surface area contributed by atoms with Crippen molar-refractivity contribution in [2.45, 2.75) is 70.2 Å². The zero-order chi connectivity index (χ0) is 30.7. The Hall–Kier alpha value is -3.17. The number of carbonyl (C=O) groups is 2. The number of alkyl halides is 3. The summed E-state index contributed by atoms with van der Waals surface area (Å²) in [7, 11) is -2.63. The molecule has 1 aliphatic rings. The summed E-state index contributed by atoms with van der Waals surface area (Å²) in [5, 5.41) is 15.9. The molecule has 2 N–H and O–H groups in total. The summed E-state index contributed by atoms with van der Waals surface area (Å²) in [5.74, 6) is -1.19. The fourth-order valence-electron chi connectivity index (χ4n) is 4.55. The summed E-state index contributed by atoms with van der Waals surface area (Å²) in [6.45, 7) is 6.21. The van der Waals surface area contributed by atoms with Gasteiger partial charge in [0.1, 0.15) is 22.4 Å². The standard InChI is InChI=1S/C26H35F3N4O7S/c1-15-12-33(16(2)14-34)24(36)11-19-10-20(30-23(35)8-9-26(27,28)29)6-7-21(19)39-22(15)13-32(5)41(37,38)25-17(3)31-40-18(25)4/h6-7,10,15-16,22,34H,8-9,11-14H2,1-5H3,(H,30,35)/t15-,16-,22+/m1/s1. The molecule has 0 radical (unpaired) electrons. The number of benzene rings is 1. The third kappa shape index (κ3) is 7.98. The van der Waals surface area contributed by atoms with Crippen LogP contribution in [0.5, 0.6) is 5.75 Å². The lowest BCUT2D eigenvalue weighted by atomic mass is 10.0. The van der Waals surface area contributed by atoms with Gasteiger partial charge in [-0.3, -0.25) is 9.59 Å². The second kappa shape index (κ2) is 12.8. The maximum absolute atomic E-state index is 13.4. The third-order valence-electron chi connectivity index (χ3n) is 6.91. The lowest BCUT2D eigenvalue weighted by Crippen LogP contribution is -2.48. The molecule has 0 fully saturated rings. The third-order valence-corrected chi connectivity index (χ3v) is 8.98. The summed E-state index contributed by atoms with van der Waals surface area (Å²) >= 11 is 0. The second-order valence-corrected chi connectivity index (χ2v) is 12.3. The zero-order valence-corrected chi connectivity index (χ0v) is 24.3. The molecule has 1 aromatic heterocycles. The molecule has 0 spiro atoms. The second-order valence-electron chi connectivity index (χ2n) is 10.3. The van der Waals surface area contributed by atoms with Gasteiger partial charge >= 0.3 is 6.18 Å². The molecular weight excluding hydrogens is 569 g/mol. The Morgan fingerprint density at radius 1 is 1.32 bits per heavy atom. The van der Waals surface area contributed by atoms with Crippen molar-refractivity contribution in [2.75, 3.05) is 32.1 Å². The Bertz CT molecular complexity index is 1340. The molecule has 0 saturated heterocycles. The first kappa shape index (κ1) is 32.3. The number of likely N-dealkylation sites (N-methyl/N-ethyl adjacent to an activating group) is 1. The van der Waals surface area contributed by atoms with E-state index in [0.29, 0.717) is 5.56 Å². The number of halogens is 3. The number of aryl methyl sites for hydroxylation is 2. The number of nitrogens with one attached hydrogen (secondary N) is 1. The SMILES string of the molecule is Cc1noc(C)c1S(=O)(=O)N(C)C[C@@H]1Oc2ccc(NC(=O)CCC(F)(F)F)cc2CC(=O)N([C@H](C)CO)C[C@H]1C. The molecule has 0 saturated carbocycles. The highest BCUT2D eigenvalue weighted by molar-refractivity contribution is 7.89. The van der Waals surface area contributed by atoms with Crippen LogP contribution in [0.15, 0.2) is 27.6 Å². The van der Waals surface area contributed by atoms with E-state index in [1.54, 1.807) is 13.8 Å². The number of nitrogens with zero attached hydrogens (tertiary/aromatic N) is 3. The molecule has 0 bridgehead atoms. The highest BCUT2D eigenvalue weighted by Gasteiger charge is 2.35. The number of hydrogen-bond acceptors (Lipinski definition) is 8. The largest absolute Gasteiger partial charge is 0.488 e. The molecule has 0 unspecified atom stereocenters. The fraction of sp³-hybridized carbons (Fsp3) is 0.577. The Balaban J connectivity index is 1.94. The van der Waals surface area contributed by atoms with Crippen molar-refractivity contribution < 1.29 is 45.5 Å². The van der Waals surface area contributed by atoms with Crippen LogP contribution in [0.1, 0.15) is 43.7 Å². The molecule has 11 nitrogen and oxygen atoms in total. The summed E-state index contributed by atoms with van der Waals surface area (Å²) in [4.78, 5) is 26.8. The van der Waals surface area contributed by atoms with Crippen molar-refractivity contribution in [1.29, 1.82) is 0 Å². The van der Waals surface area contributed by atoms with Gasteiger partial charge in [0.05, 0.1) is 32.0 Å². The molecule has 228 valence electrons. The van der Waals surface area contributed by atoms with Crippen LogP contribution in [0, 0.1) is 19.8 Å². The zero-order valence-electron chi connectivity index (χ0n) is 23.5. The van der Waals surface area contributed by atoms with Crippen molar-refractivity contribution >= 4 is 27.5 Å². The Morgan fingerprint density at radius 3 is 2.59 bits per heavy atom. The molecule has 0 aliphatic carbocycles. The minimum atomic E-state index is -4.48. The number of aliphatic hydroxyl groups is 1. The van der Waals surface area contributed by atoms with Gasteiger partial charge in [-0.1, -0.05) is 12.1 Å². The number of ether oxygens (including phenoxy) is 1. The number of fused-ring (bicyclic) bond motifs is 1. The van der Waals surface area contributed by atoms with Crippen LogP contribution in [0.2, 0.25) is 0 Å². The van der Waals surface area contributed by atoms with Crippen molar-refractivity contribution in [3.8, 4) is 5.75 Å². The summed E-state index contributed by atoms with van der Waals surface area (Å²) in [6.07, 6.45) is -7.46. The van der Waals surface area contributed by atoms with Gasteiger partial charge in [-0.25, -0.2) is 8.42 Å². The lowest BCUT2D eigenvalue weighted by Gasteiger charge is -2.33. The predicted octanol–water partition coefficient (Wildman–Crippen LogP) is 3.04. The van der Waals surface area contributed by atoms with E-state index in [9.17, 15) is 36.3 Å². The smallest absolute Gasteiger partial charge is 0.389 e. The summed E-state index contributed by atoms with van der Waals surface area (Å²) < 4.78 is 76.8. The quantitative estimate of drug-likeness (QED) is 0.445. The van der Waals surface area contributed by atoms with Crippen LogP contribution < -0.4 is 10.1 Å². The van der Waals surface area contributed by atoms with Crippen LogP contribution >= 0.6 is 0 Å². The molecule has 15 heteroatoms. The minimum Gasteiger partial charge on any atom is -0.488 e. The van der Waals surface area contributed by atoms with Crippen LogP contribution in [-0.2, 0) is 26.0 Å². The average Bonchev–Trinajstić information content (AvgIpc) is 3.25. The van der Waals surface area contributed by atoms with E-state index in [1.165, 1.54) is 44.0 Å². The van der Waals surface area contributed by atoms with Crippen LogP contribution in [-0.4, -0.2) is 84.8 Å². The van der Waals surface area contributed by atoms with Gasteiger partial charge in [0.2, 0.25) is 21.8 Å². The first-order valence-corrected chi connectivity index (χ1v) is 14.4. The molecule has 3 rings (SSSR count). The van der Waals surface area contributed by atoms with Crippen LogP contribution in [0.25, 0.3) is 0 Å². The number of aromatic nitrogens is 1. The van der Waals surface area contributed by atoms with Crippen molar-refractivity contribution in [3.05, 3.63) is 35.2 Å². The molecule has 1 aliphatic heterocycles. The van der Waals surface area contributed by atoms with E-state index in [4.69, 9.17) is 9.26 Å². The monoisotopic (exact) mass is 604 g/mol. The molecule has 2 heterocycles. The topological polar surface area (TPSA) is 142 Å². The van der Waals surface area contributed by atoms with E-state index in [1.807, 2.05) is 0 Å². The van der Waals surface area contributed by atoms with Crippen LogP contribution in [0.4, 0.5) is 18.9 Å². The van der Waals surface area contributed by atoms with Gasteiger partial charge in [0, 0.05) is 37.2 Å². The Kier molecular flexibility index (Phi) is 10.1. The summed E-state index contributed by atoms with van der Waals surface area (Å²) in [6, 6.07) is 3.81. The number of amides is 2. The van der Waals surface area contributed by atoms with Crippen molar-refractivity contribution in [1.82, 2.24) is 14.4 Å². The number of aliphatic hydroxyl groups excluding tert-OH is 1. The van der Waals surface area contributed by atoms with E-state index in [-0.39, 0.29) is 59.8 Å².